The summed E-state index contributed by atoms with van der Waals surface area (Å²) < 4.78 is 46.5. The summed E-state index contributed by atoms with van der Waals surface area (Å²) >= 11 is 1.73. The lowest BCUT2D eigenvalue weighted by Crippen LogP contribution is -2.35. The Morgan fingerprint density at radius 3 is 1.62 bits per heavy atom. The van der Waals surface area contributed by atoms with Crippen molar-refractivity contribution in [1.29, 1.82) is 0 Å². The number of hydrogen-bond donors (Lipinski definition) is 1. The van der Waals surface area contributed by atoms with Gasteiger partial charge >= 0.3 is 5.97 Å². The summed E-state index contributed by atoms with van der Waals surface area (Å²) in [6, 6.07) is 13.0. The number of thioether (sulfide) groups is 1. The summed E-state index contributed by atoms with van der Waals surface area (Å²) in [6.45, 7) is 17.3. The standard InChI is InChI=1S/C59H72N6O14S/c1-8-39-25-44-31-61-48-29-52(50(71-6)27-46(48)57(69)63(44)33-39)77-35-41-22-42(36-78-53-30-49-47(28-51(53)72-7)58(70)64-34-40(9-2)26-45(64)32-62-49)24-43(23-41)59(4,5)80-37-38(3)60-13-15-74-17-19-76-21-20-75-18-16-73-14-12-56(68)79-65-54(66)10-11-55(65)67/h8-9,22-24,27-32,44-45,60H,3,10-21,25-26,33-37H2,1-2,4-7H3/b39-8+,40-9+/t44-,45?/m0/s1. The number of allylic oxidation sites excluding steroid dienone is 2. The van der Waals surface area contributed by atoms with Crippen LogP contribution < -0.4 is 24.3 Å². The van der Waals surface area contributed by atoms with Crippen molar-refractivity contribution in [1.82, 2.24) is 20.2 Å². The van der Waals surface area contributed by atoms with Gasteiger partial charge in [0.25, 0.3) is 23.6 Å². The van der Waals surface area contributed by atoms with E-state index in [4.69, 9.17) is 52.7 Å². The molecule has 3 fully saturated rings. The molecule has 428 valence electrons. The van der Waals surface area contributed by atoms with Gasteiger partial charge in [-0.05, 0) is 75.4 Å². The van der Waals surface area contributed by atoms with E-state index in [0.717, 1.165) is 35.2 Å². The minimum absolute atomic E-state index is 0.0415. The summed E-state index contributed by atoms with van der Waals surface area (Å²) in [6.07, 6.45) is 9.31. The number of nitrogens with one attached hydrogen (secondary N) is 1. The van der Waals surface area contributed by atoms with E-state index in [-0.39, 0.29) is 69.6 Å². The average molecular weight is 1120 g/mol. The molecule has 2 atom stereocenters. The monoisotopic (exact) mass is 1120 g/mol. The van der Waals surface area contributed by atoms with E-state index in [2.05, 4.69) is 50.0 Å². The van der Waals surface area contributed by atoms with Gasteiger partial charge in [-0.1, -0.05) is 42.0 Å². The van der Waals surface area contributed by atoms with Crippen LogP contribution in [0.3, 0.4) is 0 Å². The molecule has 5 aliphatic rings. The van der Waals surface area contributed by atoms with Crippen molar-refractivity contribution in [3.8, 4) is 23.0 Å². The fraction of sp³-hybridized carbons (Fsp3) is 0.475. The van der Waals surface area contributed by atoms with Crippen LogP contribution in [-0.4, -0.2) is 161 Å². The van der Waals surface area contributed by atoms with Crippen molar-refractivity contribution in [2.24, 2.45) is 9.98 Å². The van der Waals surface area contributed by atoms with E-state index < -0.39 is 22.5 Å². The molecule has 5 heterocycles. The average Bonchev–Trinajstić information content (AvgIpc) is 4.15. The fourth-order valence-corrected chi connectivity index (χ4v) is 10.5. The molecule has 1 unspecified atom stereocenters. The van der Waals surface area contributed by atoms with Gasteiger partial charge in [-0.15, -0.1) is 16.8 Å². The highest BCUT2D eigenvalue weighted by Crippen LogP contribution is 2.42. The van der Waals surface area contributed by atoms with Crippen LogP contribution in [0.15, 0.2) is 88.0 Å². The number of fused-ring (bicyclic) bond motifs is 4. The van der Waals surface area contributed by atoms with E-state index in [9.17, 15) is 24.0 Å². The topological polar surface area (TPSA) is 215 Å². The number of nitrogens with zero attached hydrogens (tertiary/aromatic N) is 5. The van der Waals surface area contributed by atoms with Crippen molar-refractivity contribution in [2.75, 3.05) is 92.5 Å². The van der Waals surface area contributed by atoms with E-state index >= 15 is 0 Å². The highest BCUT2D eigenvalue weighted by molar-refractivity contribution is 8.00. The van der Waals surface area contributed by atoms with Gasteiger partial charge in [0.15, 0.2) is 23.0 Å². The van der Waals surface area contributed by atoms with Gasteiger partial charge in [-0.25, -0.2) is 4.79 Å². The molecule has 80 heavy (non-hydrogen) atoms. The second-order valence-corrected chi connectivity index (χ2v) is 21.7. The number of carbonyl (C=O) groups excluding carboxylic acids is 5. The third kappa shape index (κ3) is 15.0. The lowest BCUT2D eigenvalue weighted by Gasteiger charge is -2.27. The third-order valence-electron chi connectivity index (χ3n) is 14.2. The maximum Gasteiger partial charge on any atom is 0.335 e. The number of carbonyl (C=O) groups is 5. The number of hydroxylamine groups is 2. The molecule has 20 nitrogen and oxygen atoms in total. The van der Waals surface area contributed by atoms with Crippen LogP contribution in [0.4, 0.5) is 11.4 Å². The summed E-state index contributed by atoms with van der Waals surface area (Å²) in [5.74, 6) is 0.422. The molecule has 5 aliphatic heterocycles. The van der Waals surface area contributed by atoms with Gasteiger partial charge < -0.3 is 57.8 Å². The molecule has 3 aromatic carbocycles. The van der Waals surface area contributed by atoms with Crippen LogP contribution >= 0.6 is 11.8 Å². The summed E-state index contributed by atoms with van der Waals surface area (Å²) in [7, 11) is 3.12. The molecule has 0 aromatic heterocycles. The van der Waals surface area contributed by atoms with E-state index in [1.54, 1.807) is 50.2 Å². The number of rotatable bonds is 29. The van der Waals surface area contributed by atoms with Crippen molar-refractivity contribution >= 4 is 65.2 Å². The van der Waals surface area contributed by atoms with Gasteiger partial charge in [0.05, 0.1) is 108 Å². The lowest BCUT2D eigenvalue weighted by atomic mass is 9.97. The molecule has 4 amide bonds. The first kappa shape index (κ1) is 59.1. The molecule has 21 heteroatoms. The minimum atomic E-state index is -0.714. The molecule has 1 N–H and O–H groups in total. The first-order chi connectivity index (χ1) is 38.7. The van der Waals surface area contributed by atoms with E-state index in [1.165, 1.54) is 11.1 Å². The van der Waals surface area contributed by atoms with Crippen molar-refractivity contribution < 1.29 is 66.7 Å². The van der Waals surface area contributed by atoms with Crippen LogP contribution in [0.5, 0.6) is 23.0 Å². The Labute approximate surface area is 471 Å². The SMILES string of the molecule is C=C(CSC(C)(C)c1cc(COc2cc3c(cc2OC)C(=O)N2C/C(=C/C)CC2C=N3)cc(COc2cc3c(cc2OC)C(=O)N2C/C(=C/C)C[C@H]2C=N3)c1)NCCOCCOCCOCCOCCC(=O)ON1C(=O)CCC1=O. The number of ether oxygens (including phenoxy) is 8. The molecule has 3 saturated heterocycles. The summed E-state index contributed by atoms with van der Waals surface area (Å²) in [4.78, 5) is 80.6. The Bertz CT molecular complexity index is 2770. The maximum absolute atomic E-state index is 13.8. The zero-order chi connectivity index (χ0) is 56.8. The summed E-state index contributed by atoms with van der Waals surface area (Å²) in [5.41, 5.74) is 8.00. The van der Waals surface area contributed by atoms with Gasteiger partial charge in [0, 0.05) is 73.2 Å². The van der Waals surface area contributed by atoms with Crippen molar-refractivity contribution in [3.05, 3.63) is 106 Å². The molecule has 0 aliphatic carbocycles. The Hall–Kier alpha value is -7.04. The Morgan fingerprint density at radius 2 is 1.15 bits per heavy atom. The molecule has 3 aromatic rings. The van der Waals surface area contributed by atoms with Crippen molar-refractivity contribution in [2.45, 2.75) is 89.8 Å². The number of methoxy groups -OCH3 is 2. The predicted octanol–water partition coefficient (Wildman–Crippen LogP) is 7.75. The van der Waals surface area contributed by atoms with Gasteiger partial charge in [-0.3, -0.25) is 29.2 Å². The van der Waals surface area contributed by atoms with Gasteiger partial charge in [-0.2, -0.15) is 0 Å². The first-order valence-corrected chi connectivity index (χ1v) is 27.9. The largest absolute Gasteiger partial charge is 0.493 e. The zero-order valence-corrected chi connectivity index (χ0v) is 47.3. The Morgan fingerprint density at radius 1 is 0.675 bits per heavy atom. The molecular weight excluding hydrogens is 1050 g/mol. The summed E-state index contributed by atoms with van der Waals surface area (Å²) in [5, 5.41) is 3.90. The van der Waals surface area contributed by atoms with Crippen molar-refractivity contribution in [3.63, 3.8) is 0 Å². The predicted molar refractivity (Wildman–Crippen MR) is 301 cm³/mol. The van der Waals surface area contributed by atoms with E-state index in [0.29, 0.717) is 116 Å². The molecule has 8 rings (SSSR count). The fourth-order valence-electron chi connectivity index (χ4n) is 9.55. The maximum atomic E-state index is 13.8. The van der Waals surface area contributed by atoms with Crippen LogP contribution in [0.25, 0.3) is 0 Å². The second kappa shape index (κ2) is 27.9. The van der Waals surface area contributed by atoms with Crippen LogP contribution in [0, 0.1) is 0 Å². The van der Waals surface area contributed by atoms with Gasteiger partial charge in [0.1, 0.15) is 13.2 Å². The molecule has 0 radical (unpaired) electrons. The zero-order valence-electron chi connectivity index (χ0n) is 46.5. The first-order valence-electron chi connectivity index (χ1n) is 26.9. The highest BCUT2D eigenvalue weighted by Gasteiger charge is 2.37. The number of hydrogen-bond acceptors (Lipinski definition) is 18. The van der Waals surface area contributed by atoms with E-state index in [1.807, 2.05) is 42.1 Å². The van der Waals surface area contributed by atoms with Crippen LogP contribution in [0.2, 0.25) is 0 Å². The molecule has 0 spiro atoms. The number of amides is 4. The number of aliphatic imine (C=N–C) groups is 2. The molecular formula is C59H72N6O14S. The Kier molecular flexibility index (Phi) is 20.6. The molecule has 0 saturated carbocycles. The highest BCUT2D eigenvalue weighted by atomic mass is 32.2. The normalized spacial score (nSPS) is 18.6. The minimum Gasteiger partial charge on any atom is -0.493 e. The van der Waals surface area contributed by atoms with Gasteiger partial charge in [0.2, 0.25) is 0 Å². The lowest BCUT2D eigenvalue weighted by molar-refractivity contribution is -0.198. The van der Waals surface area contributed by atoms with Crippen LogP contribution in [0.1, 0.15) is 97.2 Å². The molecule has 0 bridgehead atoms. The second-order valence-electron chi connectivity index (χ2n) is 20.1. The smallest absolute Gasteiger partial charge is 0.335 e. The quantitative estimate of drug-likeness (QED) is 0.0400. The Balaban J connectivity index is 0.834. The number of benzene rings is 3. The third-order valence-corrected chi connectivity index (χ3v) is 15.6. The number of imide groups is 1. The van der Waals surface area contributed by atoms with Crippen LogP contribution in [-0.2, 0) is 56.1 Å².